The van der Waals surface area contributed by atoms with Crippen molar-refractivity contribution in [3.8, 4) is 11.6 Å². The molecule has 1 aromatic carbocycles. The average Bonchev–Trinajstić information content (AvgIpc) is 3.05. The predicted octanol–water partition coefficient (Wildman–Crippen LogP) is 2.76. The fraction of sp³-hybridized carbons (Fsp3) is 0.368. The van der Waals surface area contributed by atoms with Gasteiger partial charge in [0.2, 0.25) is 5.88 Å². The summed E-state index contributed by atoms with van der Waals surface area (Å²) in [6, 6.07) is 11.5. The lowest BCUT2D eigenvalue weighted by Crippen LogP contribution is -2.34. The first-order valence-electron chi connectivity index (χ1n) is 8.17. The Hall–Kier alpha value is -2.56. The molecule has 126 valence electrons. The Morgan fingerprint density at radius 2 is 1.92 bits per heavy atom. The molecule has 1 saturated heterocycles. The summed E-state index contributed by atoms with van der Waals surface area (Å²) in [5.74, 6) is 1.30. The van der Waals surface area contributed by atoms with Gasteiger partial charge in [-0.1, -0.05) is 23.8 Å². The SMILES string of the molecule is Cc1ccc(OCC(=O)N2CCC(Oc3ccc(C)cn3)C2)cc1. The van der Waals surface area contributed by atoms with E-state index in [0.29, 0.717) is 24.7 Å². The number of likely N-dealkylation sites (tertiary alicyclic amines) is 1. The molecule has 1 aliphatic heterocycles. The van der Waals surface area contributed by atoms with E-state index in [2.05, 4.69) is 4.98 Å². The summed E-state index contributed by atoms with van der Waals surface area (Å²) in [4.78, 5) is 18.3. The highest BCUT2D eigenvalue weighted by Crippen LogP contribution is 2.17. The van der Waals surface area contributed by atoms with Crippen molar-refractivity contribution >= 4 is 5.91 Å². The van der Waals surface area contributed by atoms with Gasteiger partial charge in [-0.15, -0.1) is 0 Å². The van der Waals surface area contributed by atoms with E-state index in [4.69, 9.17) is 9.47 Å². The standard InChI is InChI=1S/C19H22N2O3/c1-14-3-6-16(7-4-14)23-13-19(22)21-10-9-17(12-21)24-18-8-5-15(2)11-20-18/h3-8,11,17H,9-10,12-13H2,1-2H3. The molecule has 5 heteroatoms. The van der Waals surface area contributed by atoms with E-state index in [1.165, 1.54) is 0 Å². The van der Waals surface area contributed by atoms with Crippen LogP contribution in [0.2, 0.25) is 0 Å². The van der Waals surface area contributed by atoms with Crippen LogP contribution in [0.3, 0.4) is 0 Å². The number of carbonyl (C=O) groups excluding carboxylic acids is 1. The molecule has 0 radical (unpaired) electrons. The van der Waals surface area contributed by atoms with Crippen LogP contribution in [0.15, 0.2) is 42.6 Å². The summed E-state index contributed by atoms with van der Waals surface area (Å²) in [7, 11) is 0. The second-order valence-electron chi connectivity index (χ2n) is 6.14. The number of aryl methyl sites for hydroxylation is 2. The van der Waals surface area contributed by atoms with Crippen LogP contribution >= 0.6 is 0 Å². The van der Waals surface area contributed by atoms with Gasteiger partial charge in [0.05, 0.1) is 6.54 Å². The quantitative estimate of drug-likeness (QED) is 0.848. The zero-order valence-electron chi connectivity index (χ0n) is 14.1. The number of aromatic nitrogens is 1. The first-order chi connectivity index (χ1) is 11.6. The molecule has 1 atom stereocenters. The molecule has 24 heavy (non-hydrogen) atoms. The highest BCUT2D eigenvalue weighted by Gasteiger charge is 2.28. The maximum Gasteiger partial charge on any atom is 0.260 e. The highest BCUT2D eigenvalue weighted by molar-refractivity contribution is 5.78. The summed E-state index contributed by atoms with van der Waals surface area (Å²) >= 11 is 0. The van der Waals surface area contributed by atoms with E-state index in [0.717, 1.165) is 17.5 Å². The molecule has 1 aliphatic rings. The summed E-state index contributed by atoms with van der Waals surface area (Å²) in [5, 5.41) is 0. The molecule has 1 fully saturated rings. The van der Waals surface area contributed by atoms with Gasteiger partial charge in [-0.25, -0.2) is 4.98 Å². The van der Waals surface area contributed by atoms with Gasteiger partial charge in [-0.05, 0) is 31.5 Å². The number of benzene rings is 1. The number of hydrogen-bond acceptors (Lipinski definition) is 4. The summed E-state index contributed by atoms with van der Waals surface area (Å²) < 4.78 is 11.4. The number of amides is 1. The number of hydrogen-bond donors (Lipinski definition) is 0. The second-order valence-corrected chi connectivity index (χ2v) is 6.14. The Kier molecular flexibility index (Phi) is 4.99. The monoisotopic (exact) mass is 326 g/mol. The fourth-order valence-electron chi connectivity index (χ4n) is 2.62. The minimum absolute atomic E-state index is 0.0106. The number of pyridine rings is 1. The van der Waals surface area contributed by atoms with Gasteiger partial charge in [0, 0.05) is 25.2 Å². The van der Waals surface area contributed by atoms with E-state index in [-0.39, 0.29) is 18.6 Å². The lowest BCUT2D eigenvalue weighted by Gasteiger charge is -2.17. The normalized spacial score (nSPS) is 16.9. The molecule has 0 saturated carbocycles. The molecule has 0 aliphatic carbocycles. The van der Waals surface area contributed by atoms with Crippen molar-refractivity contribution in [3.05, 3.63) is 53.7 Å². The number of rotatable bonds is 5. The van der Waals surface area contributed by atoms with Crippen molar-refractivity contribution in [1.29, 1.82) is 0 Å². The van der Waals surface area contributed by atoms with Crippen molar-refractivity contribution in [2.75, 3.05) is 19.7 Å². The van der Waals surface area contributed by atoms with Crippen LogP contribution in [-0.2, 0) is 4.79 Å². The molecule has 1 aromatic heterocycles. The Bertz CT molecular complexity index is 683. The third kappa shape index (κ3) is 4.25. The number of nitrogens with zero attached hydrogens (tertiary/aromatic N) is 2. The largest absolute Gasteiger partial charge is 0.484 e. The Balaban J connectivity index is 1.46. The molecule has 2 aromatic rings. The topological polar surface area (TPSA) is 51.7 Å². The Labute approximate surface area is 142 Å². The third-order valence-electron chi connectivity index (χ3n) is 4.05. The van der Waals surface area contributed by atoms with Crippen molar-refractivity contribution in [2.24, 2.45) is 0 Å². The van der Waals surface area contributed by atoms with Crippen LogP contribution in [0.25, 0.3) is 0 Å². The number of carbonyl (C=O) groups is 1. The summed E-state index contributed by atoms with van der Waals surface area (Å²) in [6.07, 6.45) is 2.58. The molecule has 0 spiro atoms. The maximum absolute atomic E-state index is 12.3. The van der Waals surface area contributed by atoms with Gasteiger partial charge in [0.1, 0.15) is 11.9 Å². The highest BCUT2D eigenvalue weighted by atomic mass is 16.5. The molecular weight excluding hydrogens is 304 g/mol. The van der Waals surface area contributed by atoms with Crippen LogP contribution in [0.1, 0.15) is 17.5 Å². The van der Waals surface area contributed by atoms with Crippen molar-refractivity contribution in [3.63, 3.8) is 0 Å². The summed E-state index contributed by atoms with van der Waals surface area (Å²) in [6.45, 7) is 5.32. The van der Waals surface area contributed by atoms with Gasteiger partial charge in [0.15, 0.2) is 6.61 Å². The predicted molar refractivity (Wildman–Crippen MR) is 91.3 cm³/mol. The Morgan fingerprint density at radius 3 is 2.62 bits per heavy atom. The minimum Gasteiger partial charge on any atom is -0.484 e. The first-order valence-corrected chi connectivity index (χ1v) is 8.17. The van der Waals surface area contributed by atoms with E-state index in [9.17, 15) is 4.79 Å². The van der Waals surface area contributed by atoms with Crippen molar-refractivity contribution < 1.29 is 14.3 Å². The average molecular weight is 326 g/mol. The van der Waals surface area contributed by atoms with Crippen LogP contribution in [0.5, 0.6) is 11.6 Å². The molecule has 2 heterocycles. The lowest BCUT2D eigenvalue weighted by molar-refractivity contribution is -0.132. The van der Waals surface area contributed by atoms with Crippen LogP contribution in [0, 0.1) is 13.8 Å². The van der Waals surface area contributed by atoms with Crippen molar-refractivity contribution in [1.82, 2.24) is 9.88 Å². The third-order valence-corrected chi connectivity index (χ3v) is 4.05. The van der Waals surface area contributed by atoms with Crippen LogP contribution < -0.4 is 9.47 Å². The van der Waals surface area contributed by atoms with Crippen LogP contribution in [-0.4, -0.2) is 41.6 Å². The van der Waals surface area contributed by atoms with Gasteiger partial charge >= 0.3 is 0 Å². The van der Waals surface area contributed by atoms with E-state index < -0.39 is 0 Å². The molecular formula is C19H22N2O3. The van der Waals surface area contributed by atoms with Gasteiger partial charge in [-0.3, -0.25) is 4.79 Å². The first kappa shape index (κ1) is 16.3. The smallest absolute Gasteiger partial charge is 0.260 e. The van der Waals surface area contributed by atoms with Gasteiger partial charge in [-0.2, -0.15) is 0 Å². The van der Waals surface area contributed by atoms with Crippen molar-refractivity contribution in [2.45, 2.75) is 26.4 Å². The minimum atomic E-state index is -0.0152. The maximum atomic E-state index is 12.3. The molecule has 0 N–H and O–H groups in total. The zero-order chi connectivity index (χ0) is 16.9. The second kappa shape index (κ2) is 7.34. The van der Waals surface area contributed by atoms with Gasteiger partial charge in [0.25, 0.3) is 5.91 Å². The molecule has 0 bridgehead atoms. The summed E-state index contributed by atoms with van der Waals surface area (Å²) in [5.41, 5.74) is 2.26. The molecule has 1 amide bonds. The molecule has 1 unspecified atom stereocenters. The van der Waals surface area contributed by atoms with E-state index >= 15 is 0 Å². The van der Waals surface area contributed by atoms with Gasteiger partial charge < -0.3 is 14.4 Å². The Morgan fingerprint density at radius 1 is 1.17 bits per heavy atom. The van der Waals surface area contributed by atoms with E-state index in [1.807, 2.05) is 50.2 Å². The molecule has 5 nitrogen and oxygen atoms in total. The zero-order valence-corrected chi connectivity index (χ0v) is 14.1. The lowest BCUT2D eigenvalue weighted by atomic mass is 10.2. The molecule has 3 rings (SSSR count). The number of ether oxygens (including phenoxy) is 2. The van der Waals surface area contributed by atoms with E-state index in [1.54, 1.807) is 11.1 Å². The van der Waals surface area contributed by atoms with Crippen LogP contribution in [0.4, 0.5) is 0 Å². The fourth-order valence-corrected chi connectivity index (χ4v) is 2.62.